The zero-order chi connectivity index (χ0) is 13.1. The SMILES string of the molecule is CN=C(NCC1CC1)NC1CN(C(C)C)CC1C. The first-order chi connectivity index (χ1) is 8.60. The van der Waals surface area contributed by atoms with Gasteiger partial charge in [0, 0.05) is 38.8 Å². The van der Waals surface area contributed by atoms with Gasteiger partial charge in [-0.15, -0.1) is 0 Å². The molecule has 0 radical (unpaired) electrons. The standard InChI is InChI=1S/C14H28N4/c1-10(2)18-8-11(3)13(9-18)17-14(15-4)16-7-12-5-6-12/h10-13H,5-9H2,1-4H3,(H2,15,16,17). The van der Waals surface area contributed by atoms with Crippen LogP contribution in [0.25, 0.3) is 0 Å². The van der Waals surface area contributed by atoms with Crippen molar-refractivity contribution >= 4 is 5.96 Å². The van der Waals surface area contributed by atoms with Crippen molar-refractivity contribution in [1.29, 1.82) is 0 Å². The predicted molar refractivity (Wildman–Crippen MR) is 76.9 cm³/mol. The van der Waals surface area contributed by atoms with Crippen LogP contribution in [-0.2, 0) is 0 Å². The fourth-order valence-electron chi connectivity index (χ4n) is 2.55. The molecule has 1 saturated carbocycles. The zero-order valence-electron chi connectivity index (χ0n) is 12.2. The first kappa shape index (κ1) is 13.7. The molecule has 0 bridgehead atoms. The maximum atomic E-state index is 4.33. The van der Waals surface area contributed by atoms with Crippen LogP contribution in [0.4, 0.5) is 0 Å². The molecular formula is C14H28N4. The summed E-state index contributed by atoms with van der Waals surface area (Å²) in [6, 6.07) is 1.17. The molecule has 104 valence electrons. The van der Waals surface area contributed by atoms with Gasteiger partial charge >= 0.3 is 0 Å². The van der Waals surface area contributed by atoms with Crippen LogP contribution in [0, 0.1) is 11.8 Å². The van der Waals surface area contributed by atoms with Crippen molar-refractivity contribution < 1.29 is 0 Å². The third-order valence-corrected chi connectivity index (χ3v) is 4.17. The van der Waals surface area contributed by atoms with E-state index in [4.69, 9.17) is 0 Å². The van der Waals surface area contributed by atoms with Gasteiger partial charge in [-0.25, -0.2) is 0 Å². The average Bonchev–Trinajstić information content (AvgIpc) is 3.09. The van der Waals surface area contributed by atoms with Crippen molar-refractivity contribution in [1.82, 2.24) is 15.5 Å². The summed E-state index contributed by atoms with van der Waals surface area (Å²) in [5.74, 6) is 2.55. The van der Waals surface area contributed by atoms with Gasteiger partial charge in [0.25, 0.3) is 0 Å². The Morgan fingerprint density at radius 3 is 2.56 bits per heavy atom. The Kier molecular flexibility index (Phi) is 4.49. The monoisotopic (exact) mass is 252 g/mol. The third-order valence-electron chi connectivity index (χ3n) is 4.17. The number of likely N-dealkylation sites (tertiary alicyclic amines) is 1. The van der Waals surface area contributed by atoms with Crippen LogP contribution >= 0.6 is 0 Å². The summed E-state index contributed by atoms with van der Waals surface area (Å²) in [6.45, 7) is 10.3. The van der Waals surface area contributed by atoms with Gasteiger partial charge in [0.15, 0.2) is 5.96 Å². The summed E-state index contributed by atoms with van der Waals surface area (Å²) in [5.41, 5.74) is 0. The number of aliphatic imine (C=N–C) groups is 1. The topological polar surface area (TPSA) is 39.7 Å². The van der Waals surface area contributed by atoms with Crippen molar-refractivity contribution in [2.45, 2.75) is 45.7 Å². The molecule has 1 saturated heterocycles. The Morgan fingerprint density at radius 2 is 2.06 bits per heavy atom. The molecule has 2 aliphatic rings. The summed E-state index contributed by atoms with van der Waals surface area (Å²) >= 11 is 0. The van der Waals surface area contributed by atoms with E-state index in [9.17, 15) is 0 Å². The number of nitrogens with one attached hydrogen (secondary N) is 2. The fraction of sp³-hybridized carbons (Fsp3) is 0.929. The van der Waals surface area contributed by atoms with Crippen LogP contribution in [0.1, 0.15) is 33.6 Å². The molecule has 2 atom stereocenters. The number of nitrogens with zero attached hydrogens (tertiary/aromatic N) is 2. The van der Waals surface area contributed by atoms with E-state index >= 15 is 0 Å². The molecule has 2 N–H and O–H groups in total. The van der Waals surface area contributed by atoms with Gasteiger partial charge < -0.3 is 10.6 Å². The molecule has 4 nitrogen and oxygen atoms in total. The second-order valence-electron chi connectivity index (χ2n) is 6.17. The lowest BCUT2D eigenvalue weighted by Crippen LogP contribution is -2.47. The lowest BCUT2D eigenvalue weighted by atomic mass is 10.1. The highest BCUT2D eigenvalue weighted by molar-refractivity contribution is 5.80. The van der Waals surface area contributed by atoms with E-state index in [1.54, 1.807) is 0 Å². The highest BCUT2D eigenvalue weighted by Gasteiger charge is 2.31. The van der Waals surface area contributed by atoms with Gasteiger partial charge in [0.05, 0.1) is 0 Å². The van der Waals surface area contributed by atoms with Gasteiger partial charge in [0.2, 0.25) is 0 Å². The van der Waals surface area contributed by atoms with Crippen molar-refractivity contribution in [3.05, 3.63) is 0 Å². The average molecular weight is 252 g/mol. The Hall–Kier alpha value is -0.770. The van der Waals surface area contributed by atoms with Gasteiger partial charge in [-0.3, -0.25) is 9.89 Å². The van der Waals surface area contributed by atoms with Crippen LogP contribution in [0.5, 0.6) is 0 Å². The highest BCUT2D eigenvalue weighted by atomic mass is 15.3. The predicted octanol–water partition coefficient (Wildman–Crippen LogP) is 1.29. The summed E-state index contributed by atoms with van der Waals surface area (Å²) < 4.78 is 0. The normalized spacial score (nSPS) is 29.9. The summed E-state index contributed by atoms with van der Waals surface area (Å²) in [6.07, 6.45) is 2.76. The maximum Gasteiger partial charge on any atom is 0.191 e. The molecule has 0 aromatic rings. The Bertz CT molecular complexity index is 296. The summed E-state index contributed by atoms with van der Waals surface area (Å²) in [7, 11) is 1.86. The van der Waals surface area contributed by atoms with Crippen molar-refractivity contribution in [2.75, 3.05) is 26.7 Å². The minimum Gasteiger partial charge on any atom is -0.356 e. The molecule has 1 aliphatic carbocycles. The van der Waals surface area contributed by atoms with Crippen LogP contribution < -0.4 is 10.6 Å². The smallest absolute Gasteiger partial charge is 0.191 e. The second kappa shape index (κ2) is 5.91. The molecule has 2 rings (SSSR count). The fourth-order valence-corrected chi connectivity index (χ4v) is 2.55. The first-order valence-corrected chi connectivity index (χ1v) is 7.31. The number of hydrogen-bond donors (Lipinski definition) is 2. The summed E-state index contributed by atoms with van der Waals surface area (Å²) in [4.78, 5) is 6.87. The van der Waals surface area contributed by atoms with E-state index in [2.05, 4.69) is 41.3 Å². The molecule has 2 fully saturated rings. The number of hydrogen-bond acceptors (Lipinski definition) is 2. The van der Waals surface area contributed by atoms with Crippen molar-refractivity contribution in [2.24, 2.45) is 16.8 Å². The summed E-state index contributed by atoms with van der Waals surface area (Å²) in [5, 5.41) is 7.02. The zero-order valence-corrected chi connectivity index (χ0v) is 12.2. The molecule has 18 heavy (non-hydrogen) atoms. The van der Waals surface area contributed by atoms with Crippen molar-refractivity contribution in [3.8, 4) is 0 Å². The van der Waals surface area contributed by atoms with E-state index in [0.717, 1.165) is 25.0 Å². The molecule has 0 amide bonds. The van der Waals surface area contributed by atoms with Crippen LogP contribution in [0.3, 0.4) is 0 Å². The van der Waals surface area contributed by atoms with E-state index < -0.39 is 0 Å². The van der Waals surface area contributed by atoms with Gasteiger partial charge in [-0.1, -0.05) is 6.92 Å². The Labute approximate surface area is 111 Å². The molecular weight excluding hydrogens is 224 g/mol. The quantitative estimate of drug-likeness (QED) is 0.585. The van der Waals surface area contributed by atoms with E-state index in [0.29, 0.717) is 18.0 Å². The van der Waals surface area contributed by atoms with E-state index in [1.807, 2.05) is 7.05 Å². The maximum absolute atomic E-state index is 4.33. The molecule has 1 heterocycles. The van der Waals surface area contributed by atoms with Crippen LogP contribution in [-0.4, -0.2) is 49.6 Å². The van der Waals surface area contributed by atoms with Crippen LogP contribution in [0.2, 0.25) is 0 Å². The first-order valence-electron chi connectivity index (χ1n) is 7.31. The number of guanidine groups is 1. The minimum absolute atomic E-state index is 0.526. The Balaban J connectivity index is 1.79. The second-order valence-corrected chi connectivity index (χ2v) is 6.17. The molecule has 1 aliphatic heterocycles. The van der Waals surface area contributed by atoms with E-state index in [1.165, 1.54) is 19.4 Å². The van der Waals surface area contributed by atoms with Gasteiger partial charge in [-0.05, 0) is 38.5 Å². The molecule has 4 heteroatoms. The largest absolute Gasteiger partial charge is 0.356 e. The Morgan fingerprint density at radius 1 is 1.33 bits per heavy atom. The highest BCUT2D eigenvalue weighted by Crippen LogP contribution is 2.27. The molecule has 0 spiro atoms. The lowest BCUT2D eigenvalue weighted by molar-refractivity contribution is 0.265. The third kappa shape index (κ3) is 3.61. The van der Waals surface area contributed by atoms with Gasteiger partial charge in [0.1, 0.15) is 0 Å². The molecule has 0 aromatic carbocycles. The molecule has 0 aromatic heterocycles. The van der Waals surface area contributed by atoms with Gasteiger partial charge in [-0.2, -0.15) is 0 Å². The number of rotatable bonds is 4. The van der Waals surface area contributed by atoms with Crippen molar-refractivity contribution in [3.63, 3.8) is 0 Å². The lowest BCUT2D eigenvalue weighted by Gasteiger charge is -2.21. The van der Waals surface area contributed by atoms with Crippen LogP contribution in [0.15, 0.2) is 4.99 Å². The van der Waals surface area contributed by atoms with E-state index in [-0.39, 0.29) is 0 Å². The molecule has 2 unspecified atom stereocenters. The minimum atomic E-state index is 0.526.